The van der Waals surface area contributed by atoms with E-state index in [0.29, 0.717) is 11.7 Å². The van der Waals surface area contributed by atoms with Crippen LogP contribution in [0.1, 0.15) is 0 Å². The van der Waals surface area contributed by atoms with E-state index in [4.69, 9.17) is 0 Å². The summed E-state index contributed by atoms with van der Waals surface area (Å²) in [4.78, 5) is 15.0. The van der Waals surface area contributed by atoms with Gasteiger partial charge in [-0.1, -0.05) is 22.5 Å². The highest BCUT2D eigenvalue weighted by Gasteiger charge is 2.01. The Morgan fingerprint density at radius 3 is 3.08 bits per heavy atom. The summed E-state index contributed by atoms with van der Waals surface area (Å²) in [6.45, 7) is 3.99. The zero-order valence-electron chi connectivity index (χ0n) is 6.71. The van der Waals surface area contributed by atoms with Crippen molar-refractivity contribution in [3.63, 3.8) is 0 Å². The van der Waals surface area contributed by atoms with Crippen molar-refractivity contribution in [2.45, 2.75) is 0 Å². The highest BCUT2D eigenvalue weighted by molar-refractivity contribution is 9.11. The Morgan fingerprint density at radius 2 is 2.54 bits per heavy atom. The molecule has 70 valence electrons. The fourth-order valence-corrected chi connectivity index (χ4v) is 1.27. The van der Waals surface area contributed by atoms with Crippen LogP contribution in [0.5, 0.6) is 0 Å². The molecule has 0 fully saturated rings. The lowest BCUT2D eigenvalue weighted by molar-refractivity contribution is 0.253. The molecule has 0 saturated heterocycles. The topological polar surface area (TPSA) is 54.0 Å². The van der Waals surface area contributed by atoms with Gasteiger partial charge in [0.15, 0.2) is 5.13 Å². The number of aromatic nitrogens is 1. The van der Waals surface area contributed by atoms with E-state index in [1.165, 1.54) is 11.3 Å². The number of anilines is 1. The number of hydrogen-bond donors (Lipinski definition) is 2. The van der Waals surface area contributed by atoms with Gasteiger partial charge in [0.2, 0.25) is 0 Å². The van der Waals surface area contributed by atoms with Crippen LogP contribution in [0.15, 0.2) is 22.6 Å². The maximum absolute atomic E-state index is 11.1. The fraction of sp³-hybridized carbons (Fsp3) is 0.143. The predicted octanol–water partition coefficient (Wildman–Crippen LogP) is 2.17. The average molecular weight is 262 g/mol. The number of urea groups is 1. The second-order valence-electron chi connectivity index (χ2n) is 2.16. The Kier molecular flexibility index (Phi) is 3.91. The molecule has 6 heteroatoms. The number of carbonyl (C=O) groups excluding carboxylic acids is 1. The SMILES string of the molecule is C=C(Br)CNC(=O)Nc1nccs1. The zero-order chi connectivity index (χ0) is 9.68. The first-order valence-corrected chi connectivity index (χ1v) is 5.13. The Bertz CT molecular complexity index is 299. The van der Waals surface area contributed by atoms with Crippen molar-refractivity contribution < 1.29 is 4.79 Å². The first-order chi connectivity index (χ1) is 6.18. The smallest absolute Gasteiger partial charge is 0.321 e. The highest BCUT2D eigenvalue weighted by Crippen LogP contribution is 2.09. The summed E-state index contributed by atoms with van der Waals surface area (Å²) in [6.07, 6.45) is 1.63. The molecule has 2 amide bonds. The molecule has 0 aliphatic heterocycles. The highest BCUT2D eigenvalue weighted by atomic mass is 79.9. The monoisotopic (exact) mass is 261 g/mol. The van der Waals surface area contributed by atoms with Crippen LogP contribution in [-0.2, 0) is 0 Å². The Labute approximate surface area is 88.2 Å². The van der Waals surface area contributed by atoms with Crippen LogP contribution in [-0.4, -0.2) is 17.6 Å². The van der Waals surface area contributed by atoms with Crippen LogP contribution in [0.25, 0.3) is 0 Å². The van der Waals surface area contributed by atoms with Gasteiger partial charge in [-0.05, 0) is 0 Å². The molecule has 0 radical (unpaired) electrons. The standard InChI is InChI=1S/C7H8BrN3OS/c1-5(8)4-10-6(12)11-7-9-2-3-13-7/h2-3H,1,4H2,(H2,9,10,11,12). The molecule has 13 heavy (non-hydrogen) atoms. The molecule has 1 aromatic rings. The van der Waals surface area contributed by atoms with Crippen molar-refractivity contribution in [1.82, 2.24) is 10.3 Å². The third kappa shape index (κ3) is 4.05. The molecular formula is C7H8BrN3OS. The second kappa shape index (κ2) is 4.98. The number of halogens is 1. The van der Waals surface area contributed by atoms with Gasteiger partial charge in [-0.2, -0.15) is 0 Å². The Balaban J connectivity index is 2.30. The number of nitrogens with zero attached hydrogens (tertiary/aromatic N) is 1. The van der Waals surface area contributed by atoms with Gasteiger partial charge < -0.3 is 5.32 Å². The van der Waals surface area contributed by atoms with Gasteiger partial charge in [0.1, 0.15) is 0 Å². The van der Waals surface area contributed by atoms with Crippen LogP contribution in [0.3, 0.4) is 0 Å². The molecule has 1 aromatic heterocycles. The van der Waals surface area contributed by atoms with Gasteiger partial charge in [0, 0.05) is 16.1 Å². The van der Waals surface area contributed by atoms with Crippen LogP contribution in [0, 0.1) is 0 Å². The van der Waals surface area contributed by atoms with Crippen LogP contribution in [0.2, 0.25) is 0 Å². The van der Waals surface area contributed by atoms with E-state index >= 15 is 0 Å². The molecule has 0 spiro atoms. The molecular weight excluding hydrogens is 254 g/mol. The van der Waals surface area contributed by atoms with Crippen molar-refractivity contribution in [3.05, 3.63) is 22.6 Å². The van der Waals surface area contributed by atoms with Crippen molar-refractivity contribution >= 4 is 38.4 Å². The summed E-state index contributed by atoms with van der Waals surface area (Å²) in [5.41, 5.74) is 0. The minimum Gasteiger partial charge on any atom is -0.333 e. The lowest BCUT2D eigenvalue weighted by Crippen LogP contribution is -2.29. The largest absolute Gasteiger partial charge is 0.333 e. The van der Waals surface area contributed by atoms with E-state index in [2.05, 4.69) is 38.1 Å². The van der Waals surface area contributed by atoms with Gasteiger partial charge in [-0.15, -0.1) is 11.3 Å². The third-order valence-corrected chi connectivity index (χ3v) is 2.06. The van der Waals surface area contributed by atoms with Crippen LogP contribution < -0.4 is 10.6 Å². The quantitative estimate of drug-likeness (QED) is 0.877. The molecule has 4 nitrogen and oxygen atoms in total. The zero-order valence-corrected chi connectivity index (χ0v) is 9.11. The third-order valence-electron chi connectivity index (χ3n) is 1.09. The summed E-state index contributed by atoms with van der Waals surface area (Å²) >= 11 is 4.50. The van der Waals surface area contributed by atoms with Crippen molar-refractivity contribution in [2.75, 3.05) is 11.9 Å². The van der Waals surface area contributed by atoms with Crippen molar-refractivity contribution in [1.29, 1.82) is 0 Å². The van der Waals surface area contributed by atoms with E-state index in [0.717, 1.165) is 4.48 Å². The predicted molar refractivity (Wildman–Crippen MR) is 57.2 cm³/mol. The number of amides is 2. The average Bonchev–Trinajstić information content (AvgIpc) is 2.53. The number of hydrogen-bond acceptors (Lipinski definition) is 3. The minimum atomic E-state index is -0.282. The summed E-state index contributed by atoms with van der Waals surface area (Å²) in [6, 6.07) is -0.282. The summed E-state index contributed by atoms with van der Waals surface area (Å²) in [5, 5.41) is 7.54. The molecule has 0 bridgehead atoms. The van der Waals surface area contributed by atoms with Gasteiger partial charge >= 0.3 is 6.03 Å². The summed E-state index contributed by atoms with van der Waals surface area (Å²) < 4.78 is 0.724. The molecule has 2 N–H and O–H groups in total. The van der Waals surface area contributed by atoms with E-state index < -0.39 is 0 Å². The van der Waals surface area contributed by atoms with Crippen LogP contribution in [0.4, 0.5) is 9.93 Å². The molecule has 0 unspecified atom stereocenters. The lowest BCUT2D eigenvalue weighted by atomic mass is 10.6. The van der Waals surface area contributed by atoms with Gasteiger partial charge in [0.25, 0.3) is 0 Å². The Morgan fingerprint density at radius 1 is 1.77 bits per heavy atom. The first kappa shape index (κ1) is 10.2. The van der Waals surface area contributed by atoms with E-state index in [-0.39, 0.29) is 6.03 Å². The van der Waals surface area contributed by atoms with Crippen molar-refractivity contribution in [2.24, 2.45) is 0 Å². The molecule has 0 saturated carbocycles. The van der Waals surface area contributed by atoms with Gasteiger partial charge in [-0.3, -0.25) is 5.32 Å². The Hall–Kier alpha value is -0.880. The number of nitrogens with one attached hydrogen (secondary N) is 2. The van der Waals surface area contributed by atoms with E-state index in [1.807, 2.05) is 0 Å². The molecule has 0 atom stereocenters. The van der Waals surface area contributed by atoms with E-state index in [9.17, 15) is 4.79 Å². The molecule has 0 aliphatic rings. The number of carbonyl (C=O) groups is 1. The normalized spacial score (nSPS) is 9.31. The number of rotatable bonds is 3. The fourth-order valence-electron chi connectivity index (χ4n) is 0.603. The lowest BCUT2D eigenvalue weighted by Gasteiger charge is -2.03. The van der Waals surface area contributed by atoms with Crippen molar-refractivity contribution in [3.8, 4) is 0 Å². The molecule has 1 heterocycles. The summed E-state index contributed by atoms with van der Waals surface area (Å²) in [5.74, 6) is 0. The first-order valence-electron chi connectivity index (χ1n) is 3.46. The maximum Gasteiger partial charge on any atom is 0.321 e. The summed E-state index contributed by atoms with van der Waals surface area (Å²) in [7, 11) is 0. The van der Waals surface area contributed by atoms with Gasteiger partial charge in [-0.25, -0.2) is 9.78 Å². The number of thiazole rings is 1. The molecule has 0 aromatic carbocycles. The maximum atomic E-state index is 11.1. The van der Waals surface area contributed by atoms with Gasteiger partial charge in [0.05, 0.1) is 6.54 Å². The molecule has 0 aliphatic carbocycles. The second-order valence-corrected chi connectivity index (χ2v) is 4.18. The minimum absolute atomic E-state index is 0.282. The van der Waals surface area contributed by atoms with E-state index in [1.54, 1.807) is 11.6 Å². The molecule has 1 rings (SSSR count). The van der Waals surface area contributed by atoms with Crippen LogP contribution >= 0.6 is 27.3 Å².